The Morgan fingerprint density at radius 1 is 1.38 bits per heavy atom. The lowest BCUT2D eigenvalue weighted by atomic mass is 9.97. The van der Waals surface area contributed by atoms with Gasteiger partial charge in [0.05, 0.1) is 6.54 Å². The zero-order valence-electron chi connectivity index (χ0n) is 12.6. The second-order valence-corrected chi connectivity index (χ2v) is 5.35. The molecule has 4 nitrogen and oxygen atoms in total. The maximum absolute atomic E-state index is 11.9. The fourth-order valence-electron chi connectivity index (χ4n) is 2.47. The maximum atomic E-state index is 11.9. The Bertz CT molecular complexity index is 496. The molecule has 0 unspecified atom stereocenters. The van der Waals surface area contributed by atoms with Crippen molar-refractivity contribution in [2.45, 2.75) is 26.2 Å². The number of carbonyl (C=O) groups excluding carboxylic acids is 1. The molecule has 2 heterocycles. The van der Waals surface area contributed by atoms with Crippen LogP contribution >= 0.6 is 0 Å². The Labute approximate surface area is 126 Å². The summed E-state index contributed by atoms with van der Waals surface area (Å²) in [6.07, 6.45) is 4.81. The predicted octanol–water partition coefficient (Wildman–Crippen LogP) is 1.94. The molecule has 1 aliphatic rings. The number of carbonyl (C=O) groups is 1. The summed E-state index contributed by atoms with van der Waals surface area (Å²) in [7, 11) is 0. The van der Waals surface area contributed by atoms with Crippen molar-refractivity contribution in [3.8, 4) is 11.8 Å². The minimum Gasteiger partial charge on any atom is -0.350 e. The van der Waals surface area contributed by atoms with Crippen LogP contribution in [-0.2, 0) is 0 Å². The van der Waals surface area contributed by atoms with Crippen molar-refractivity contribution < 1.29 is 4.79 Å². The summed E-state index contributed by atoms with van der Waals surface area (Å²) in [5, 5.41) is 2.99. The van der Waals surface area contributed by atoms with Gasteiger partial charge in [0.15, 0.2) is 0 Å². The molecule has 0 bridgehead atoms. The lowest BCUT2D eigenvalue weighted by molar-refractivity contribution is 0.0933. The van der Waals surface area contributed by atoms with E-state index in [-0.39, 0.29) is 5.91 Å². The van der Waals surface area contributed by atoms with Crippen LogP contribution in [0.15, 0.2) is 24.4 Å². The molecule has 1 amide bonds. The average molecular weight is 285 g/mol. The summed E-state index contributed by atoms with van der Waals surface area (Å²) in [5.41, 5.74) is 0.491. The molecule has 21 heavy (non-hydrogen) atoms. The van der Waals surface area contributed by atoms with Crippen LogP contribution in [0.2, 0.25) is 0 Å². The van der Waals surface area contributed by atoms with Crippen LogP contribution in [0.3, 0.4) is 0 Å². The van der Waals surface area contributed by atoms with Crippen LogP contribution < -0.4 is 5.32 Å². The quantitative estimate of drug-likeness (QED) is 0.860. The Morgan fingerprint density at radius 3 is 2.86 bits per heavy atom. The van der Waals surface area contributed by atoms with E-state index in [1.807, 2.05) is 12.1 Å². The first-order valence-electron chi connectivity index (χ1n) is 7.67. The second kappa shape index (κ2) is 8.43. The van der Waals surface area contributed by atoms with E-state index in [4.69, 9.17) is 0 Å². The van der Waals surface area contributed by atoms with Crippen molar-refractivity contribution in [1.29, 1.82) is 0 Å². The molecule has 0 spiro atoms. The van der Waals surface area contributed by atoms with Gasteiger partial charge in [0, 0.05) is 19.2 Å². The van der Waals surface area contributed by atoms with Crippen LogP contribution in [0, 0.1) is 17.8 Å². The van der Waals surface area contributed by atoms with Gasteiger partial charge < -0.3 is 5.32 Å². The highest BCUT2D eigenvalue weighted by molar-refractivity contribution is 5.92. The van der Waals surface area contributed by atoms with E-state index >= 15 is 0 Å². The molecule has 1 saturated heterocycles. The number of hydrogen-bond acceptors (Lipinski definition) is 3. The molecule has 0 aromatic carbocycles. The summed E-state index contributed by atoms with van der Waals surface area (Å²) < 4.78 is 0. The van der Waals surface area contributed by atoms with Crippen molar-refractivity contribution in [2.24, 2.45) is 5.92 Å². The van der Waals surface area contributed by atoms with Crippen molar-refractivity contribution in [3.05, 3.63) is 30.1 Å². The largest absolute Gasteiger partial charge is 0.350 e. The number of nitrogens with one attached hydrogen (secondary N) is 1. The smallest absolute Gasteiger partial charge is 0.269 e. The predicted molar refractivity (Wildman–Crippen MR) is 83.8 cm³/mol. The van der Waals surface area contributed by atoms with E-state index < -0.39 is 0 Å². The molecule has 1 fully saturated rings. The van der Waals surface area contributed by atoms with E-state index in [0.717, 1.165) is 45.4 Å². The maximum Gasteiger partial charge on any atom is 0.269 e. The molecule has 112 valence electrons. The third kappa shape index (κ3) is 5.20. The summed E-state index contributed by atoms with van der Waals surface area (Å²) in [6.45, 7) is 5.83. The van der Waals surface area contributed by atoms with Gasteiger partial charge in [-0.1, -0.05) is 18.9 Å². The molecule has 1 aliphatic heterocycles. The number of amides is 1. The zero-order valence-corrected chi connectivity index (χ0v) is 12.6. The van der Waals surface area contributed by atoms with Gasteiger partial charge in [-0.05, 0) is 44.0 Å². The minimum atomic E-state index is -0.0770. The monoisotopic (exact) mass is 285 g/mol. The van der Waals surface area contributed by atoms with Gasteiger partial charge in [0.25, 0.3) is 5.91 Å². The van der Waals surface area contributed by atoms with Gasteiger partial charge in [0.2, 0.25) is 0 Å². The van der Waals surface area contributed by atoms with Gasteiger partial charge in [-0.3, -0.25) is 14.7 Å². The Hall–Kier alpha value is -1.86. The van der Waals surface area contributed by atoms with Gasteiger partial charge in [-0.15, -0.1) is 5.92 Å². The number of aromatic nitrogens is 1. The molecule has 1 aromatic heterocycles. The Morgan fingerprint density at radius 2 is 2.19 bits per heavy atom. The molecule has 4 heteroatoms. The number of pyridine rings is 1. The van der Waals surface area contributed by atoms with Gasteiger partial charge in [-0.2, -0.15) is 0 Å². The van der Waals surface area contributed by atoms with Gasteiger partial charge in [0.1, 0.15) is 5.69 Å². The molecule has 0 radical (unpaired) electrons. The Kier molecular flexibility index (Phi) is 6.23. The van der Waals surface area contributed by atoms with Gasteiger partial charge in [-0.25, -0.2) is 0 Å². The number of hydrogen-bond donors (Lipinski definition) is 1. The van der Waals surface area contributed by atoms with E-state index in [1.165, 1.54) is 0 Å². The first kappa shape index (κ1) is 15.5. The summed E-state index contributed by atoms with van der Waals surface area (Å²) in [5.74, 6) is 6.78. The second-order valence-electron chi connectivity index (χ2n) is 5.35. The topological polar surface area (TPSA) is 45.2 Å². The average Bonchev–Trinajstić information content (AvgIpc) is 2.55. The molecule has 0 atom stereocenters. The van der Waals surface area contributed by atoms with Crippen LogP contribution in [-0.4, -0.2) is 42.0 Å². The molecule has 2 rings (SSSR count). The summed E-state index contributed by atoms with van der Waals surface area (Å²) in [6, 6.07) is 5.38. The van der Waals surface area contributed by atoms with E-state index in [0.29, 0.717) is 11.6 Å². The van der Waals surface area contributed by atoms with Crippen molar-refractivity contribution in [3.63, 3.8) is 0 Å². The first-order valence-corrected chi connectivity index (χ1v) is 7.67. The highest BCUT2D eigenvalue weighted by Crippen LogP contribution is 2.15. The van der Waals surface area contributed by atoms with E-state index in [9.17, 15) is 4.79 Å². The number of nitrogens with zero attached hydrogens (tertiary/aromatic N) is 2. The number of likely N-dealkylation sites (tertiary alicyclic amines) is 1. The highest BCUT2D eigenvalue weighted by atomic mass is 16.1. The standard InChI is InChI=1S/C17H23N3O/c1-2-3-6-11-20-12-8-15(9-13-20)14-19-17(21)16-7-4-5-10-18-16/h4-5,7,10,15H,2,8-9,11-14H2,1H3,(H,19,21). The molecule has 1 aromatic rings. The third-order valence-electron chi connectivity index (χ3n) is 3.76. The van der Waals surface area contributed by atoms with Crippen LogP contribution in [0.1, 0.15) is 36.7 Å². The van der Waals surface area contributed by atoms with Crippen molar-refractivity contribution >= 4 is 5.91 Å². The lowest BCUT2D eigenvalue weighted by Crippen LogP contribution is -2.38. The molecule has 1 N–H and O–H groups in total. The third-order valence-corrected chi connectivity index (χ3v) is 3.76. The van der Waals surface area contributed by atoms with Crippen LogP contribution in [0.5, 0.6) is 0 Å². The molecule has 0 saturated carbocycles. The minimum absolute atomic E-state index is 0.0770. The number of piperidine rings is 1. The van der Waals surface area contributed by atoms with E-state index in [2.05, 4.69) is 34.0 Å². The molecule has 0 aliphatic carbocycles. The van der Waals surface area contributed by atoms with Crippen molar-refractivity contribution in [2.75, 3.05) is 26.2 Å². The van der Waals surface area contributed by atoms with Crippen molar-refractivity contribution in [1.82, 2.24) is 15.2 Å². The van der Waals surface area contributed by atoms with E-state index in [1.54, 1.807) is 12.3 Å². The normalized spacial score (nSPS) is 16.0. The SMILES string of the molecule is CCC#CCN1CCC(CNC(=O)c2ccccn2)CC1. The fraction of sp³-hybridized carbons (Fsp3) is 0.529. The van der Waals surface area contributed by atoms with Gasteiger partial charge >= 0.3 is 0 Å². The Balaban J connectivity index is 1.68. The zero-order chi connectivity index (χ0) is 14.9. The molecular formula is C17H23N3O. The number of rotatable bonds is 4. The first-order chi connectivity index (χ1) is 10.3. The lowest BCUT2D eigenvalue weighted by Gasteiger charge is -2.30. The summed E-state index contributed by atoms with van der Waals surface area (Å²) in [4.78, 5) is 18.4. The van der Waals surface area contributed by atoms with Crippen LogP contribution in [0.25, 0.3) is 0 Å². The van der Waals surface area contributed by atoms with Crippen LogP contribution in [0.4, 0.5) is 0 Å². The highest BCUT2D eigenvalue weighted by Gasteiger charge is 2.19. The molecular weight excluding hydrogens is 262 g/mol. The summed E-state index contributed by atoms with van der Waals surface area (Å²) >= 11 is 0. The fourth-order valence-corrected chi connectivity index (χ4v) is 2.47.